The fraction of sp³-hybridized carbons (Fsp3) is 0.500. The molecule has 1 saturated heterocycles. The van der Waals surface area contributed by atoms with Crippen molar-refractivity contribution in [2.24, 2.45) is 0 Å². The van der Waals surface area contributed by atoms with Crippen LogP contribution < -0.4 is 0 Å². The molecule has 1 aromatic carbocycles. The molecular weight excluding hydrogens is 420 g/mol. The van der Waals surface area contributed by atoms with Gasteiger partial charge in [-0.25, -0.2) is 4.79 Å². The second-order valence-electron chi connectivity index (χ2n) is 8.73. The minimum Gasteiger partial charge on any atom is -0.444 e. The van der Waals surface area contributed by atoms with Gasteiger partial charge < -0.3 is 9.94 Å². The highest BCUT2D eigenvalue weighted by Crippen LogP contribution is 2.40. The molecule has 0 spiro atoms. The van der Waals surface area contributed by atoms with Crippen LogP contribution in [-0.2, 0) is 17.6 Å². The van der Waals surface area contributed by atoms with E-state index in [1.807, 2.05) is 26.8 Å². The maximum Gasteiger partial charge on any atom is 0.410 e. The van der Waals surface area contributed by atoms with Crippen LogP contribution in [0.5, 0.6) is 0 Å². The third kappa shape index (κ3) is 3.54. The molecule has 28 heavy (non-hydrogen) atoms. The summed E-state index contributed by atoms with van der Waals surface area (Å²) >= 11 is 3.56. The van der Waals surface area contributed by atoms with Crippen molar-refractivity contribution in [3.8, 4) is 11.1 Å². The molecule has 150 valence electrons. The Balaban J connectivity index is 1.72. The molecule has 0 saturated carbocycles. The number of hydrogen-bond acceptors (Lipinski definition) is 3. The van der Waals surface area contributed by atoms with Gasteiger partial charge in [-0.2, -0.15) is 4.73 Å². The monoisotopic (exact) mass is 446 g/mol. The van der Waals surface area contributed by atoms with Crippen molar-refractivity contribution >= 4 is 22.0 Å². The lowest BCUT2D eigenvalue weighted by molar-refractivity contribution is 0.0204. The van der Waals surface area contributed by atoms with E-state index in [4.69, 9.17) is 4.74 Å². The van der Waals surface area contributed by atoms with E-state index >= 15 is 0 Å². The predicted molar refractivity (Wildman–Crippen MR) is 112 cm³/mol. The number of carbonyl (C=O) groups excluding carboxylic acids is 1. The summed E-state index contributed by atoms with van der Waals surface area (Å²) in [6.45, 7) is 6.28. The number of aromatic nitrogens is 1. The van der Waals surface area contributed by atoms with E-state index in [1.54, 1.807) is 4.90 Å². The lowest BCUT2D eigenvalue weighted by atomic mass is 9.99. The van der Waals surface area contributed by atoms with E-state index in [0.29, 0.717) is 6.54 Å². The Labute approximate surface area is 174 Å². The molecule has 0 unspecified atom stereocenters. The van der Waals surface area contributed by atoms with Crippen LogP contribution in [0.2, 0.25) is 0 Å². The normalized spacial score (nSPS) is 19.1. The van der Waals surface area contributed by atoms with Crippen molar-refractivity contribution in [3.63, 3.8) is 0 Å². The van der Waals surface area contributed by atoms with Gasteiger partial charge in [0.2, 0.25) is 0 Å². The molecule has 1 aromatic heterocycles. The second-order valence-corrected chi connectivity index (χ2v) is 9.64. The average Bonchev–Trinajstić information content (AvgIpc) is 3.15. The van der Waals surface area contributed by atoms with Gasteiger partial charge in [-0.15, -0.1) is 0 Å². The van der Waals surface area contributed by atoms with E-state index in [-0.39, 0.29) is 12.1 Å². The van der Waals surface area contributed by atoms with Crippen LogP contribution in [0.4, 0.5) is 4.79 Å². The van der Waals surface area contributed by atoms with Crippen LogP contribution in [0.1, 0.15) is 63.0 Å². The molecule has 1 N–H and O–H groups in total. The number of halogens is 1. The summed E-state index contributed by atoms with van der Waals surface area (Å²) in [5.41, 5.74) is 4.73. The van der Waals surface area contributed by atoms with E-state index < -0.39 is 5.60 Å². The van der Waals surface area contributed by atoms with Crippen molar-refractivity contribution in [1.29, 1.82) is 0 Å². The Morgan fingerprint density at radius 1 is 1.18 bits per heavy atom. The Morgan fingerprint density at radius 3 is 2.71 bits per heavy atom. The number of fused-ring (bicyclic) bond motifs is 3. The highest BCUT2D eigenvalue weighted by atomic mass is 79.9. The van der Waals surface area contributed by atoms with Crippen molar-refractivity contribution in [2.45, 2.75) is 64.5 Å². The fourth-order valence-electron chi connectivity index (χ4n) is 4.36. The molecule has 1 aliphatic heterocycles. The first-order valence-corrected chi connectivity index (χ1v) is 10.8. The van der Waals surface area contributed by atoms with Crippen LogP contribution in [0.15, 0.2) is 28.7 Å². The second kappa shape index (κ2) is 7.14. The Bertz CT molecular complexity index is 913. The number of amides is 1. The fourth-order valence-corrected chi connectivity index (χ4v) is 4.77. The zero-order valence-corrected chi connectivity index (χ0v) is 18.3. The Hall–Kier alpha value is -1.95. The first kappa shape index (κ1) is 19.4. The zero-order valence-electron chi connectivity index (χ0n) is 16.7. The molecule has 6 heteroatoms. The van der Waals surface area contributed by atoms with Gasteiger partial charge in [0.25, 0.3) is 0 Å². The predicted octanol–water partition coefficient (Wildman–Crippen LogP) is 5.72. The first-order valence-electron chi connectivity index (χ1n) is 9.97. The summed E-state index contributed by atoms with van der Waals surface area (Å²) in [5.74, 6) is 0. The molecular formula is C22H27BrN2O3. The largest absolute Gasteiger partial charge is 0.444 e. The van der Waals surface area contributed by atoms with Gasteiger partial charge in [-0.05, 0) is 82.2 Å². The molecule has 1 amide bonds. The van der Waals surface area contributed by atoms with Crippen LogP contribution in [0.25, 0.3) is 11.1 Å². The number of aryl methyl sites for hydroxylation is 1. The number of rotatable bonds is 1. The van der Waals surface area contributed by atoms with Crippen molar-refractivity contribution < 1.29 is 14.7 Å². The molecule has 1 aliphatic carbocycles. The SMILES string of the molecule is CC(C)(C)OC(=O)N1CCC[C@H]1c1cc2c(n1O)CCCc1cc(Br)ccc1-2. The maximum absolute atomic E-state index is 12.7. The van der Waals surface area contributed by atoms with E-state index in [1.165, 1.54) is 15.9 Å². The highest BCUT2D eigenvalue weighted by molar-refractivity contribution is 9.10. The Morgan fingerprint density at radius 2 is 1.96 bits per heavy atom. The molecule has 0 radical (unpaired) electrons. The summed E-state index contributed by atoms with van der Waals surface area (Å²) in [7, 11) is 0. The van der Waals surface area contributed by atoms with Crippen LogP contribution in [0, 0.1) is 0 Å². The number of hydrogen-bond donors (Lipinski definition) is 1. The van der Waals surface area contributed by atoms with E-state index in [2.05, 4.69) is 34.1 Å². The van der Waals surface area contributed by atoms with Crippen LogP contribution in [0.3, 0.4) is 0 Å². The lowest BCUT2D eigenvalue weighted by Crippen LogP contribution is -2.37. The van der Waals surface area contributed by atoms with E-state index in [0.717, 1.165) is 53.5 Å². The molecule has 1 fully saturated rings. The van der Waals surface area contributed by atoms with Gasteiger partial charge in [-0.3, -0.25) is 4.90 Å². The third-order valence-corrected chi connectivity index (χ3v) is 6.04. The molecule has 2 heterocycles. The summed E-state index contributed by atoms with van der Waals surface area (Å²) in [5, 5.41) is 11.0. The van der Waals surface area contributed by atoms with Crippen LogP contribution in [-0.4, -0.2) is 33.1 Å². The third-order valence-electron chi connectivity index (χ3n) is 5.54. The molecule has 1 atom stereocenters. The average molecular weight is 447 g/mol. The van der Waals surface area contributed by atoms with Gasteiger partial charge in [-0.1, -0.05) is 22.0 Å². The smallest absolute Gasteiger partial charge is 0.410 e. The number of ether oxygens (including phenoxy) is 1. The molecule has 2 aliphatic rings. The van der Waals surface area contributed by atoms with Gasteiger partial charge in [0.05, 0.1) is 17.4 Å². The minimum atomic E-state index is -0.533. The first-order chi connectivity index (χ1) is 13.2. The van der Waals surface area contributed by atoms with Crippen LogP contribution >= 0.6 is 15.9 Å². The molecule has 4 rings (SSSR count). The summed E-state index contributed by atoms with van der Waals surface area (Å²) < 4.78 is 8.00. The number of nitrogens with zero attached hydrogens (tertiary/aromatic N) is 2. The van der Waals surface area contributed by atoms with Gasteiger partial charge in [0.15, 0.2) is 0 Å². The van der Waals surface area contributed by atoms with Gasteiger partial charge in [0, 0.05) is 16.6 Å². The summed E-state index contributed by atoms with van der Waals surface area (Å²) in [6, 6.07) is 8.24. The van der Waals surface area contributed by atoms with Crippen molar-refractivity contribution in [2.75, 3.05) is 6.54 Å². The highest BCUT2D eigenvalue weighted by Gasteiger charge is 2.36. The maximum atomic E-state index is 12.7. The van der Waals surface area contributed by atoms with E-state index in [9.17, 15) is 10.0 Å². The molecule has 2 aromatic rings. The summed E-state index contributed by atoms with van der Waals surface area (Å²) in [6.07, 6.45) is 4.22. The molecule has 0 bridgehead atoms. The number of carbonyl (C=O) groups is 1. The summed E-state index contributed by atoms with van der Waals surface area (Å²) in [4.78, 5) is 14.5. The van der Waals surface area contributed by atoms with Crippen molar-refractivity contribution in [3.05, 3.63) is 45.7 Å². The van der Waals surface area contributed by atoms with Gasteiger partial charge in [0.1, 0.15) is 5.60 Å². The Kier molecular flexibility index (Phi) is 4.94. The number of benzene rings is 1. The van der Waals surface area contributed by atoms with Gasteiger partial charge >= 0.3 is 6.09 Å². The van der Waals surface area contributed by atoms with Crippen molar-refractivity contribution in [1.82, 2.24) is 9.63 Å². The topological polar surface area (TPSA) is 54.7 Å². The minimum absolute atomic E-state index is 0.161. The standard InChI is InChI=1S/C22H27BrN2O3/c1-22(2,3)28-21(26)24-11-5-8-19(24)20-13-17-16-10-9-15(23)12-14(16)6-4-7-18(17)25(20)27/h9-10,12-13,19,27H,4-8,11H2,1-3H3/t19-/m0/s1. The zero-order chi connectivity index (χ0) is 20.1. The lowest BCUT2D eigenvalue weighted by Gasteiger charge is -2.28. The number of likely N-dealkylation sites (tertiary alicyclic amines) is 1. The quantitative estimate of drug-likeness (QED) is 0.570. The molecule has 5 nitrogen and oxygen atoms in total.